The lowest BCUT2D eigenvalue weighted by atomic mass is 10.2. The van der Waals surface area contributed by atoms with Crippen LogP contribution in [0.25, 0.3) is 0 Å². The Kier molecular flexibility index (Phi) is 3.74. The van der Waals surface area contributed by atoms with Gasteiger partial charge in [0.2, 0.25) is 0 Å². The summed E-state index contributed by atoms with van der Waals surface area (Å²) < 4.78 is 0. The minimum Gasteiger partial charge on any atom is -0.355 e. The highest BCUT2D eigenvalue weighted by molar-refractivity contribution is 5.93. The highest BCUT2D eigenvalue weighted by Gasteiger charge is 2.13. The first-order chi connectivity index (χ1) is 8.16. The first kappa shape index (κ1) is 12.0. The van der Waals surface area contributed by atoms with E-state index in [9.17, 15) is 4.79 Å². The largest absolute Gasteiger partial charge is 0.355 e. The van der Waals surface area contributed by atoms with Gasteiger partial charge in [-0.15, -0.1) is 0 Å². The van der Waals surface area contributed by atoms with Gasteiger partial charge in [-0.2, -0.15) is 0 Å². The van der Waals surface area contributed by atoms with Crippen molar-refractivity contribution in [1.29, 1.82) is 0 Å². The van der Waals surface area contributed by atoms with E-state index in [1.54, 1.807) is 13.1 Å². The molecule has 1 aliphatic heterocycles. The topological polar surface area (TPSA) is 36.4 Å². The molecule has 4 heteroatoms. The summed E-state index contributed by atoms with van der Waals surface area (Å²) in [7, 11) is 2.15. The number of carbonyl (C=O) groups excluding carboxylic acids is 1. The predicted molar refractivity (Wildman–Crippen MR) is 68.6 cm³/mol. The molecule has 1 saturated heterocycles. The highest BCUT2D eigenvalue weighted by Crippen LogP contribution is 2.14. The second-order valence-electron chi connectivity index (χ2n) is 4.61. The van der Waals surface area contributed by atoms with Gasteiger partial charge >= 0.3 is 0 Å². The van der Waals surface area contributed by atoms with Gasteiger partial charge in [-0.3, -0.25) is 4.79 Å². The molecular weight excluding hydrogens is 214 g/mol. The molecule has 0 aromatic carbocycles. The van der Waals surface area contributed by atoms with Crippen LogP contribution in [-0.2, 0) is 0 Å². The fraction of sp³-hybridized carbons (Fsp3) is 0.538. The monoisotopic (exact) mass is 233 g/mol. The molecular formula is C13H19N3O. The molecule has 1 aromatic rings. The van der Waals surface area contributed by atoms with E-state index in [2.05, 4.69) is 21.8 Å². The van der Waals surface area contributed by atoms with Gasteiger partial charge in [0.15, 0.2) is 5.78 Å². The van der Waals surface area contributed by atoms with Gasteiger partial charge in [0.1, 0.15) is 5.82 Å². The van der Waals surface area contributed by atoms with Crippen molar-refractivity contribution in [2.75, 3.05) is 38.1 Å². The molecule has 0 saturated carbocycles. The Hall–Kier alpha value is -1.42. The van der Waals surface area contributed by atoms with E-state index in [-0.39, 0.29) is 5.78 Å². The minimum absolute atomic E-state index is 0.0691. The maximum atomic E-state index is 11.2. The first-order valence-electron chi connectivity index (χ1n) is 6.07. The third kappa shape index (κ3) is 3.03. The molecule has 17 heavy (non-hydrogen) atoms. The van der Waals surface area contributed by atoms with Crippen LogP contribution < -0.4 is 4.90 Å². The van der Waals surface area contributed by atoms with Crippen LogP contribution in [0.4, 0.5) is 5.82 Å². The number of carbonyl (C=O) groups is 1. The van der Waals surface area contributed by atoms with Crippen molar-refractivity contribution < 1.29 is 4.79 Å². The van der Waals surface area contributed by atoms with Crippen LogP contribution >= 0.6 is 0 Å². The SMILES string of the molecule is CC(=O)c1ccc(N2CCCN(C)CC2)nc1. The average Bonchev–Trinajstić information content (AvgIpc) is 2.54. The fourth-order valence-corrected chi connectivity index (χ4v) is 2.06. The zero-order valence-corrected chi connectivity index (χ0v) is 10.5. The Morgan fingerprint density at radius 3 is 2.71 bits per heavy atom. The van der Waals surface area contributed by atoms with Crippen LogP contribution in [0, 0.1) is 0 Å². The van der Waals surface area contributed by atoms with Gasteiger partial charge in [-0.25, -0.2) is 4.98 Å². The predicted octanol–water partition coefficient (Wildman–Crippen LogP) is 1.43. The summed E-state index contributed by atoms with van der Waals surface area (Å²) in [6.45, 7) is 5.81. The Balaban J connectivity index is 2.08. The van der Waals surface area contributed by atoms with Crippen LogP contribution in [-0.4, -0.2) is 48.9 Å². The Labute approximate surface area is 102 Å². The van der Waals surface area contributed by atoms with Crippen molar-refractivity contribution in [3.05, 3.63) is 23.9 Å². The molecule has 0 radical (unpaired) electrons. The molecule has 92 valence electrons. The molecule has 0 N–H and O–H groups in total. The molecule has 0 aliphatic carbocycles. The van der Waals surface area contributed by atoms with Crippen LogP contribution in [0.15, 0.2) is 18.3 Å². The van der Waals surface area contributed by atoms with E-state index in [0.29, 0.717) is 5.56 Å². The summed E-state index contributed by atoms with van der Waals surface area (Å²) in [6.07, 6.45) is 2.83. The zero-order chi connectivity index (χ0) is 12.3. The van der Waals surface area contributed by atoms with E-state index in [1.807, 2.05) is 12.1 Å². The van der Waals surface area contributed by atoms with E-state index < -0.39 is 0 Å². The molecule has 2 rings (SSSR count). The number of hydrogen-bond donors (Lipinski definition) is 0. The van der Waals surface area contributed by atoms with Gasteiger partial charge in [0, 0.05) is 31.4 Å². The maximum Gasteiger partial charge on any atom is 0.161 e. The Morgan fingerprint density at radius 2 is 2.06 bits per heavy atom. The quantitative estimate of drug-likeness (QED) is 0.724. The molecule has 0 bridgehead atoms. The first-order valence-corrected chi connectivity index (χ1v) is 6.07. The number of Topliss-reactive ketones (excluding diaryl/α,β-unsaturated/α-hetero) is 1. The highest BCUT2D eigenvalue weighted by atomic mass is 16.1. The zero-order valence-electron chi connectivity index (χ0n) is 10.5. The van der Waals surface area contributed by atoms with E-state index in [4.69, 9.17) is 0 Å². The summed E-state index contributed by atoms with van der Waals surface area (Å²) in [5.74, 6) is 1.05. The van der Waals surface area contributed by atoms with Crippen molar-refractivity contribution in [1.82, 2.24) is 9.88 Å². The molecule has 0 unspecified atom stereocenters. The standard InChI is InChI=1S/C13H19N3O/c1-11(17)12-4-5-13(14-10-12)16-7-3-6-15(2)8-9-16/h4-5,10H,3,6-9H2,1-2H3. The molecule has 0 amide bonds. The molecule has 0 atom stereocenters. The van der Waals surface area contributed by atoms with Crippen LogP contribution in [0.1, 0.15) is 23.7 Å². The second kappa shape index (κ2) is 5.27. The lowest BCUT2D eigenvalue weighted by molar-refractivity contribution is 0.101. The number of nitrogens with zero attached hydrogens (tertiary/aromatic N) is 3. The maximum absolute atomic E-state index is 11.2. The summed E-state index contributed by atoms with van der Waals surface area (Å²) in [4.78, 5) is 20.2. The normalized spacial score (nSPS) is 17.9. The fourth-order valence-electron chi connectivity index (χ4n) is 2.06. The van der Waals surface area contributed by atoms with Crippen LogP contribution in [0.3, 0.4) is 0 Å². The Bertz CT molecular complexity index is 388. The second-order valence-corrected chi connectivity index (χ2v) is 4.61. The average molecular weight is 233 g/mol. The summed E-state index contributed by atoms with van der Waals surface area (Å²) in [5, 5.41) is 0. The molecule has 1 aromatic heterocycles. The number of rotatable bonds is 2. The Morgan fingerprint density at radius 1 is 1.24 bits per heavy atom. The van der Waals surface area contributed by atoms with Gasteiger partial charge in [-0.1, -0.05) is 0 Å². The number of likely N-dealkylation sites (N-methyl/N-ethyl adjacent to an activating group) is 1. The number of hydrogen-bond acceptors (Lipinski definition) is 4. The van der Waals surface area contributed by atoms with E-state index in [1.165, 1.54) is 0 Å². The number of ketones is 1. The summed E-state index contributed by atoms with van der Waals surface area (Å²) in [5.41, 5.74) is 0.681. The van der Waals surface area contributed by atoms with Crippen molar-refractivity contribution in [2.45, 2.75) is 13.3 Å². The van der Waals surface area contributed by atoms with Crippen LogP contribution in [0.5, 0.6) is 0 Å². The molecule has 0 spiro atoms. The van der Waals surface area contributed by atoms with Crippen molar-refractivity contribution in [3.63, 3.8) is 0 Å². The van der Waals surface area contributed by atoms with Gasteiger partial charge in [-0.05, 0) is 39.1 Å². The van der Waals surface area contributed by atoms with Gasteiger partial charge in [0.25, 0.3) is 0 Å². The molecule has 1 fully saturated rings. The molecule has 1 aliphatic rings. The smallest absolute Gasteiger partial charge is 0.161 e. The third-order valence-electron chi connectivity index (χ3n) is 3.20. The summed E-state index contributed by atoms with van der Waals surface area (Å²) in [6, 6.07) is 3.81. The molecule has 4 nitrogen and oxygen atoms in total. The lowest BCUT2D eigenvalue weighted by Crippen LogP contribution is -2.29. The van der Waals surface area contributed by atoms with Crippen molar-refractivity contribution in [2.24, 2.45) is 0 Å². The number of anilines is 1. The van der Waals surface area contributed by atoms with Crippen molar-refractivity contribution in [3.8, 4) is 0 Å². The lowest BCUT2D eigenvalue weighted by Gasteiger charge is -2.21. The van der Waals surface area contributed by atoms with Crippen LogP contribution in [0.2, 0.25) is 0 Å². The van der Waals surface area contributed by atoms with Gasteiger partial charge in [0.05, 0.1) is 0 Å². The molecule has 2 heterocycles. The third-order valence-corrected chi connectivity index (χ3v) is 3.20. The van der Waals surface area contributed by atoms with E-state index in [0.717, 1.165) is 38.4 Å². The van der Waals surface area contributed by atoms with Crippen molar-refractivity contribution >= 4 is 11.6 Å². The summed E-state index contributed by atoms with van der Waals surface area (Å²) >= 11 is 0. The van der Waals surface area contributed by atoms with Gasteiger partial charge < -0.3 is 9.80 Å². The van der Waals surface area contributed by atoms with E-state index >= 15 is 0 Å². The minimum atomic E-state index is 0.0691. The number of pyridine rings is 1. The number of aromatic nitrogens is 1.